The zero-order valence-corrected chi connectivity index (χ0v) is 10.1. The van der Waals surface area contributed by atoms with Gasteiger partial charge in [-0.05, 0) is 5.92 Å². The molecule has 0 bridgehead atoms. The summed E-state index contributed by atoms with van der Waals surface area (Å²) in [6, 6.07) is 10.1. The lowest BCUT2D eigenvalue weighted by Crippen LogP contribution is -2.31. The van der Waals surface area contributed by atoms with Gasteiger partial charge in [-0.1, -0.05) is 50.6 Å². The number of benzene rings is 1. The lowest BCUT2D eigenvalue weighted by molar-refractivity contribution is -0.212. The van der Waals surface area contributed by atoms with E-state index in [9.17, 15) is 0 Å². The second kappa shape index (κ2) is 5.46. The van der Waals surface area contributed by atoms with Gasteiger partial charge in [-0.2, -0.15) is 0 Å². The summed E-state index contributed by atoms with van der Waals surface area (Å²) in [7, 11) is 0. The van der Waals surface area contributed by atoms with Gasteiger partial charge in [0.05, 0.1) is 13.2 Å². The molecule has 88 valence electrons. The maximum atomic E-state index is 5.78. The van der Waals surface area contributed by atoms with E-state index in [1.807, 2.05) is 30.3 Å². The molecule has 0 spiro atoms. The minimum atomic E-state index is -0.165. The van der Waals surface area contributed by atoms with Crippen molar-refractivity contribution in [1.29, 1.82) is 0 Å². The first-order valence-electron chi connectivity index (χ1n) is 6.09. The molecule has 0 amide bonds. The van der Waals surface area contributed by atoms with Gasteiger partial charge in [-0.3, -0.25) is 0 Å². The molecule has 1 unspecified atom stereocenters. The van der Waals surface area contributed by atoms with Crippen molar-refractivity contribution in [3.63, 3.8) is 0 Å². The van der Waals surface area contributed by atoms with Crippen LogP contribution in [-0.4, -0.2) is 13.2 Å². The van der Waals surface area contributed by atoms with Crippen LogP contribution >= 0.6 is 0 Å². The van der Waals surface area contributed by atoms with Crippen molar-refractivity contribution in [1.82, 2.24) is 0 Å². The number of hydrogen-bond donors (Lipinski definition) is 0. The van der Waals surface area contributed by atoms with E-state index in [2.05, 4.69) is 13.8 Å². The van der Waals surface area contributed by atoms with Crippen molar-refractivity contribution in [2.45, 2.75) is 26.6 Å². The van der Waals surface area contributed by atoms with Gasteiger partial charge in [0.1, 0.15) is 0 Å². The minimum Gasteiger partial charge on any atom is -0.348 e. The van der Waals surface area contributed by atoms with E-state index in [0.29, 0.717) is 11.8 Å². The van der Waals surface area contributed by atoms with E-state index < -0.39 is 0 Å². The molecule has 0 radical (unpaired) electrons. The molecule has 1 atom stereocenters. The highest BCUT2D eigenvalue weighted by Crippen LogP contribution is 2.28. The van der Waals surface area contributed by atoms with Gasteiger partial charge in [0.15, 0.2) is 6.29 Å². The molecule has 2 heteroatoms. The highest BCUT2D eigenvalue weighted by atomic mass is 16.7. The minimum absolute atomic E-state index is 0.165. The summed E-state index contributed by atoms with van der Waals surface area (Å²) in [5.74, 6) is 1.22. The van der Waals surface area contributed by atoms with Crippen LogP contribution in [0.1, 0.15) is 32.1 Å². The number of rotatable bonds is 3. The van der Waals surface area contributed by atoms with E-state index in [-0.39, 0.29) is 6.29 Å². The molecule has 1 aliphatic rings. The maximum absolute atomic E-state index is 5.78. The predicted molar refractivity (Wildman–Crippen MR) is 64.0 cm³/mol. The Morgan fingerprint density at radius 3 is 2.38 bits per heavy atom. The normalized spacial score (nSPS) is 27.6. The van der Waals surface area contributed by atoms with E-state index in [1.165, 1.54) is 6.42 Å². The Balaban J connectivity index is 1.91. The van der Waals surface area contributed by atoms with Crippen LogP contribution in [0.25, 0.3) is 0 Å². The van der Waals surface area contributed by atoms with E-state index in [4.69, 9.17) is 9.47 Å². The molecule has 1 aliphatic heterocycles. The fourth-order valence-corrected chi connectivity index (χ4v) is 1.98. The summed E-state index contributed by atoms with van der Waals surface area (Å²) in [5.41, 5.74) is 1.12. The summed E-state index contributed by atoms with van der Waals surface area (Å²) in [6.07, 6.45) is 1.02. The first-order valence-corrected chi connectivity index (χ1v) is 6.09. The molecule has 16 heavy (non-hydrogen) atoms. The average Bonchev–Trinajstić information content (AvgIpc) is 2.39. The number of hydrogen-bond acceptors (Lipinski definition) is 2. The fourth-order valence-electron chi connectivity index (χ4n) is 1.98. The van der Waals surface area contributed by atoms with Crippen LogP contribution in [0.4, 0.5) is 0 Å². The third-order valence-electron chi connectivity index (χ3n) is 3.44. The van der Waals surface area contributed by atoms with Crippen LogP contribution in [0, 0.1) is 11.8 Å². The Hall–Kier alpha value is -0.860. The van der Waals surface area contributed by atoms with Crippen LogP contribution in [-0.2, 0) is 9.47 Å². The Bertz CT molecular complexity index is 302. The van der Waals surface area contributed by atoms with Crippen LogP contribution < -0.4 is 0 Å². The second-order valence-electron chi connectivity index (χ2n) is 4.55. The van der Waals surface area contributed by atoms with Gasteiger partial charge in [0.25, 0.3) is 0 Å². The van der Waals surface area contributed by atoms with Crippen molar-refractivity contribution < 1.29 is 9.47 Å². The van der Waals surface area contributed by atoms with Gasteiger partial charge < -0.3 is 9.47 Å². The van der Waals surface area contributed by atoms with Gasteiger partial charge in [-0.25, -0.2) is 0 Å². The van der Waals surface area contributed by atoms with Gasteiger partial charge >= 0.3 is 0 Å². The van der Waals surface area contributed by atoms with Crippen LogP contribution in [0.2, 0.25) is 0 Å². The molecule has 0 aliphatic carbocycles. The van der Waals surface area contributed by atoms with Gasteiger partial charge in [0.2, 0.25) is 0 Å². The monoisotopic (exact) mass is 220 g/mol. The molecule has 1 heterocycles. The smallest absolute Gasteiger partial charge is 0.183 e. The zero-order valence-electron chi connectivity index (χ0n) is 10.1. The third kappa shape index (κ3) is 2.63. The van der Waals surface area contributed by atoms with Gasteiger partial charge in [0, 0.05) is 11.5 Å². The quantitative estimate of drug-likeness (QED) is 0.777. The zero-order chi connectivity index (χ0) is 11.4. The summed E-state index contributed by atoms with van der Waals surface area (Å²) in [6.45, 7) is 6.11. The fraction of sp³-hybridized carbons (Fsp3) is 0.571. The van der Waals surface area contributed by atoms with Crippen LogP contribution in [0.3, 0.4) is 0 Å². The molecule has 1 saturated heterocycles. The Morgan fingerprint density at radius 2 is 1.81 bits per heavy atom. The molecule has 1 aromatic rings. The summed E-state index contributed by atoms with van der Waals surface area (Å²) in [5, 5.41) is 0. The van der Waals surface area contributed by atoms with Crippen LogP contribution in [0.15, 0.2) is 30.3 Å². The van der Waals surface area contributed by atoms with Crippen molar-refractivity contribution >= 4 is 0 Å². The molecular formula is C14H20O2. The maximum Gasteiger partial charge on any atom is 0.183 e. The first kappa shape index (κ1) is 11.6. The average molecular weight is 220 g/mol. The van der Waals surface area contributed by atoms with Crippen LogP contribution in [0.5, 0.6) is 0 Å². The number of ether oxygens (including phenoxy) is 2. The Kier molecular flexibility index (Phi) is 3.97. The predicted octanol–water partition coefficient (Wildman–Crippen LogP) is 3.39. The molecule has 0 N–H and O–H groups in total. The summed E-state index contributed by atoms with van der Waals surface area (Å²) >= 11 is 0. The van der Waals surface area contributed by atoms with Crippen molar-refractivity contribution in [3.05, 3.63) is 35.9 Å². The van der Waals surface area contributed by atoms with Gasteiger partial charge in [-0.15, -0.1) is 0 Å². The highest BCUT2D eigenvalue weighted by Gasteiger charge is 2.26. The standard InChI is InChI=1S/C14H20O2/c1-3-11(2)13-9-15-14(16-10-13)12-7-5-4-6-8-12/h4-8,11,13-14H,3,9-10H2,1-2H3. The molecule has 0 aromatic heterocycles. The lowest BCUT2D eigenvalue weighted by Gasteiger charge is -2.32. The molecule has 0 saturated carbocycles. The molecular weight excluding hydrogens is 200 g/mol. The third-order valence-corrected chi connectivity index (χ3v) is 3.44. The van der Waals surface area contributed by atoms with Crippen molar-refractivity contribution in [3.8, 4) is 0 Å². The second-order valence-corrected chi connectivity index (χ2v) is 4.55. The first-order chi connectivity index (χ1) is 7.81. The Morgan fingerprint density at radius 1 is 1.19 bits per heavy atom. The molecule has 1 fully saturated rings. The van der Waals surface area contributed by atoms with Crippen molar-refractivity contribution in [2.75, 3.05) is 13.2 Å². The van der Waals surface area contributed by atoms with E-state index in [0.717, 1.165) is 18.8 Å². The summed E-state index contributed by atoms with van der Waals surface area (Å²) < 4.78 is 11.6. The topological polar surface area (TPSA) is 18.5 Å². The largest absolute Gasteiger partial charge is 0.348 e. The highest BCUT2D eigenvalue weighted by molar-refractivity contribution is 5.16. The lowest BCUT2D eigenvalue weighted by atomic mass is 9.93. The summed E-state index contributed by atoms with van der Waals surface area (Å²) in [4.78, 5) is 0. The van der Waals surface area contributed by atoms with E-state index >= 15 is 0 Å². The molecule has 2 nitrogen and oxygen atoms in total. The van der Waals surface area contributed by atoms with E-state index in [1.54, 1.807) is 0 Å². The molecule has 1 aromatic carbocycles. The Labute approximate surface area is 97.6 Å². The molecule has 2 rings (SSSR count). The van der Waals surface area contributed by atoms with Crippen molar-refractivity contribution in [2.24, 2.45) is 11.8 Å². The SMILES string of the molecule is CCC(C)C1COC(c2ccccc2)OC1.